The predicted molar refractivity (Wildman–Crippen MR) is 120 cm³/mol. The van der Waals surface area contributed by atoms with Crippen molar-refractivity contribution in [1.29, 1.82) is 0 Å². The molecule has 0 aliphatic carbocycles. The molecular weight excluding hydrogens is 374 g/mol. The standard InChI is InChI=1S/C25H25N3O2/c1-19-12-14-23(15-13-19)27-18-21(16-24(27)29)26-25(30)28(22-10-6-3-7-11-22)17-20-8-4-2-5-9-20/h2-15,21H,16-18H2,1H3,(H,26,30). The predicted octanol–water partition coefficient (Wildman–Crippen LogP) is 4.52. The molecule has 0 saturated carbocycles. The van der Waals surface area contributed by atoms with Crippen LogP contribution in [0.25, 0.3) is 0 Å². The Balaban J connectivity index is 1.48. The maximum absolute atomic E-state index is 13.2. The number of carbonyl (C=O) groups excluding carboxylic acids is 2. The van der Waals surface area contributed by atoms with E-state index in [1.54, 1.807) is 9.80 Å². The Morgan fingerprint density at radius 3 is 2.27 bits per heavy atom. The summed E-state index contributed by atoms with van der Waals surface area (Å²) in [5, 5.41) is 3.06. The summed E-state index contributed by atoms with van der Waals surface area (Å²) in [6.07, 6.45) is 0.299. The van der Waals surface area contributed by atoms with Crippen LogP contribution in [0.1, 0.15) is 17.5 Å². The molecule has 0 bridgehead atoms. The van der Waals surface area contributed by atoms with Crippen LogP contribution in [0.3, 0.4) is 0 Å². The molecule has 0 radical (unpaired) electrons. The number of para-hydroxylation sites is 1. The Kier molecular flexibility index (Phi) is 5.80. The Morgan fingerprint density at radius 1 is 0.967 bits per heavy atom. The molecule has 1 fully saturated rings. The zero-order chi connectivity index (χ0) is 20.9. The van der Waals surface area contributed by atoms with E-state index in [1.807, 2.05) is 91.9 Å². The Labute approximate surface area is 176 Å². The second-order valence-electron chi connectivity index (χ2n) is 7.60. The maximum Gasteiger partial charge on any atom is 0.322 e. The van der Waals surface area contributed by atoms with Crippen LogP contribution in [-0.4, -0.2) is 24.5 Å². The number of amides is 3. The SMILES string of the molecule is Cc1ccc(N2CC(NC(=O)N(Cc3ccccc3)c3ccccc3)CC2=O)cc1. The van der Waals surface area contributed by atoms with Gasteiger partial charge in [0.05, 0.1) is 12.6 Å². The number of anilines is 2. The highest BCUT2D eigenvalue weighted by Gasteiger charge is 2.32. The lowest BCUT2D eigenvalue weighted by Crippen LogP contribution is -2.45. The summed E-state index contributed by atoms with van der Waals surface area (Å²) >= 11 is 0. The number of rotatable bonds is 5. The molecule has 1 N–H and O–H groups in total. The zero-order valence-electron chi connectivity index (χ0n) is 17.0. The van der Waals surface area contributed by atoms with Gasteiger partial charge in [-0.25, -0.2) is 4.79 Å². The zero-order valence-corrected chi connectivity index (χ0v) is 17.0. The number of carbonyl (C=O) groups is 2. The molecule has 1 atom stereocenters. The quantitative estimate of drug-likeness (QED) is 0.686. The molecule has 1 heterocycles. The molecule has 0 spiro atoms. The van der Waals surface area contributed by atoms with Gasteiger partial charge < -0.3 is 10.2 Å². The van der Waals surface area contributed by atoms with Crippen molar-refractivity contribution in [2.45, 2.75) is 25.9 Å². The molecule has 152 valence electrons. The molecule has 4 rings (SSSR count). The Hall–Kier alpha value is -3.60. The number of aryl methyl sites for hydroxylation is 1. The van der Waals surface area contributed by atoms with Gasteiger partial charge in [-0.1, -0.05) is 66.2 Å². The van der Waals surface area contributed by atoms with Gasteiger partial charge in [0.1, 0.15) is 0 Å². The molecule has 5 nitrogen and oxygen atoms in total. The van der Waals surface area contributed by atoms with Crippen LogP contribution in [0.2, 0.25) is 0 Å². The third-order valence-electron chi connectivity index (χ3n) is 5.29. The summed E-state index contributed by atoms with van der Waals surface area (Å²) in [6.45, 7) is 2.95. The summed E-state index contributed by atoms with van der Waals surface area (Å²) in [5.74, 6) is 0.0264. The van der Waals surface area contributed by atoms with Crippen molar-refractivity contribution < 1.29 is 9.59 Å². The lowest BCUT2D eigenvalue weighted by molar-refractivity contribution is -0.117. The molecule has 30 heavy (non-hydrogen) atoms. The Bertz CT molecular complexity index is 1000. The van der Waals surface area contributed by atoms with E-state index in [1.165, 1.54) is 0 Å². The molecule has 3 aromatic carbocycles. The maximum atomic E-state index is 13.2. The highest BCUT2D eigenvalue weighted by atomic mass is 16.2. The average molecular weight is 399 g/mol. The van der Waals surface area contributed by atoms with Gasteiger partial charge in [0.15, 0.2) is 0 Å². The minimum absolute atomic E-state index is 0.0264. The van der Waals surface area contributed by atoms with Gasteiger partial charge in [-0.15, -0.1) is 0 Å². The number of benzene rings is 3. The number of urea groups is 1. The van der Waals surface area contributed by atoms with E-state index in [4.69, 9.17) is 0 Å². The largest absolute Gasteiger partial charge is 0.333 e. The van der Waals surface area contributed by atoms with Gasteiger partial charge in [0, 0.05) is 24.3 Å². The molecule has 1 aliphatic heterocycles. The third kappa shape index (κ3) is 4.51. The van der Waals surface area contributed by atoms with Gasteiger partial charge in [0.25, 0.3) is 0 Å². The van der Waals surface area contributed by atoms with Crippen molar-refractivity contribution in [2.24, 2.45) is 0 Å². The van der Waals surface area contributed by atoms with E-state index in [2.05, 4.69) is 5.32 Å². The van der Waals surface area contributed by atoms with E-state index in [9.17, 15) is 9.59 Å². The fourth-order valence-corrected chi connectivity index (χ4v) is 3.69. The summed E-state index contributed by atoms with van der Waals surface area (Å²) in [7, 11) is 0. The molecular formula is C25H25N3O2. The lowest BCUT2D eigenvalue weighted by Gasteiger charge is -2.25. The van der Waals surface area contributed by atoms with E-state index in [-0.39, 0.29) is 18.0 Å². The van der Waals surface area contributed by atoms with E-state index in [0.717, 1.165) is 22.5 Å². The first-order valence-corrected chi connectivity index (χ1v) is 10.1. The summed E-state index contributed by atoms with van der Waals surface area (Å²) in [5.41, 5.74) is 3.88. The monoisotopic (exact) mass is 399 g/mol. The van der Waals surface area contributed by atoms with Crippen molar-refractivity contribution in [2.75, 3.05) is 16.3 Å². The topological polar surface area (TPSA) is 52.7 Å². The minimum atomic E-state index is -0.228. The highest BCUT2D eigenvalue weighted by molar-refractivity contribution is 5.98. The summed E-state index contributed by atoms with van der Waals surface area (Å²) < 4.78 is 0. The van der Waals surface area contributed by atoms with E-state index >= 15 is 0 Å². The van der Waals surface area contributed by atoms with Crippen LogP contribution in [0, 0.1) is 6.92 Å². The number of nitrogens with zero attached hydrogens (tertiary/aromatic N) is 2. The molecule has 1 unspecified atom stereocenters. The van der Waals surface area contributed by atoms with E-state index in [0.29, 0.717) is 19.5 Å². The van der Waals surface area contributed by atoms with Crippen molar-refractivity contribution in [3.63, 3.8) is 0 Å². The highest BCUT2D eigenvalue weighted by Crippen LogP contribution is 2.23. The van der Waals surface area contributed by atoms with Crippen LogP contribution in [0.5, 0.6) is 0 Å². The van der Waals surface area contributed by atoms with Gasteiger partial charge in [-0.05, 0) is 36.8 Å². The van der Waals surface area contributed by atoms with Crippen LogP contribution in [-0.2, 0) is 11.3 Å². The second-order valence-corrected chi connectivity index (χ2v) is 7.60. The van der Waals surface area contributed by atoms with Crippen molar-refractivity contribution in [3.8, 4) is 0 Å². The third-order valence-corrected chi connectivity index (χ3v) is 5.29. The van der Waals surface area contributed by atoms with Gasteiger partial charge in [-0.2, -0.15) is 0 Å². The number of hydrogen-bond donors (Lipinski definition) is 1. The normalized spacial score (nSPS) is 15.8. The van der Waals surface area contributed by atoms with Crippen molar-refractivity contribution in [3.05, 3.63) is 96.1 Å². The fourth-order valence-electron chi connectivity index (χ4n) is 3.69. The van der Waals surface area contributed by atoms with Crippen molar-refractivity contribution >= 4 is 23.3 Å². The van der Waals surface area contributed by atoms with Gasteiger partial charge in [0.2, 0.25) is 5.91 Å². The van der Waals surface area contributed by atoms with Crippen LogP contribution < -0.4 is 15.1 Å². The first-order valence-electron chi connectivity index (χ1n) is 10.1. The van der Waals surface area contributed by atoms with Crippen LogP contribution in [0.15, 0.2) is 84.9 Å². The molecule has 1 saturated heterocycles. The van der Waals surface area contributed by atoms with Crippen LogP contribution >= 0.6 is 0 Å². The molecule has 5 heteroatoms. The first-order chi connectivity index (χ1) is 14.6. The minimum Gasteiger partial charge on any atom is -0.333 e. The van der Waals surface area contributed by atoms with Gasteiger partial charge in [-0.3, -0.25) is 9.69 Å². The molecule has 3 amide bonds. The fraction of sp³-hybridized carbons (Fsp3) is 0.200. The summed E-state index contributed by atoms with van der Waals surface area (Å²) in [6, 6.07) is 26.9. The summed E-state index contributed by atoms with van der Waals surface area (Å²) in [4.78, 5) is 29.2. The van der Waals surface area contributed by atoms with Crippen molar-refractivity contribution in [1.82, 2.24) is 5.32 Å². The van der Waals surface area contributed by atoms with Crippen LogP contribution in [0.4, 0.5) is 16.2 Å². The number of hydrogen-bond acceptors (Lipinski definition) is 2. The van der Waals surface area contributed by atoms with E-state index < -0.39 is 0 Å². The van der Waals surface area contributed by atoms with Gasteiger partial charge >= 0.3 is 6.03 Å². The second kappa shape index (κ2) is 8.82. The lowest BCUT2D eigenvalue weighted by atomic mass is 10.2. The Morgan fingerprint density at radius 2 is 1.60 bits per heavy atom. The molecule has 1 aliphatic rings. The smallest absolute Gasteiger partial charge is 0.322 e. The molecule has 3 aromatic rings. The average Bonchev–Trinajstić information content (AvgIpc) is 3.13. The molecule has 0 aromatic heterocycles. The first kappa shape index (κ1) is 19.7. The number of nitrogens with one attached hydrogen (secondary N) is 1.